The number of nitrogens with one attached hydrogen (secondary N) is 1. The molecule has 1 aliphatic heterocycles. The number of carbonyl (C=O) groups is 1. The molecule has 1 fully saturated rings. The molecular weight excluding hydrogens is 477 g/mol. The van der Waals surface area contributed by atoms with E-state index in [2.05, 4.69) is 42.1 Å². The molecule has 2 aromatic rings. The van der Waals surface area contributed by atoms with Crippen LogP contribution in [0.2, 0.25) is 0 Å². The lowest BCUT2D eigenvalue weighted by molar-refractivity contribution is -0.132. The second-order valence-electron chi connectivity index (χ2n) is 6.79. The van der Waals surface area contributed by atoms with Crippen molar-refractivity contribution in [1.29, 1.82) is 0 Å². The van der Waals surface area contributed by atoms with E-state index in [1.54, 1.807) is 11.0 Å². The van der Waals surface area contributed by atoms with Crippen molar-refractivity contribution in [2.75, 3.05) is 31.6 Å². The van der Waals surface area contributed by atoms with Gasteiger partial charge < -0.3 is 15.1 Å². The van der Waals surface area contributed by atoms with E-state index in [9.17, 15) is 9.18 Å². The Morgan fingerprint density at radius 1 is 1.26 bits per heavy atom. The number of halogens is 3. The van der Waals surface area contributed by atoms with Crippen LogP contribution < -0.4 is 10.2 Å². The van der Waals surface area contributed by atoms with Crippen LogP contribution in [0.25, 0.3) is 0 Å². The number of benzene rings is 2. The highest BCUT2D eigenvalue weighted by molar-refractivity contribution is 9.13. The van der Waals surface area contributed by atoms with Gasteiger partial charge in [-0.2, -0.15) is 0 Å². The Morgan fingerprint density at radius 3 is 2.74 bits per heavy atom. The maximum Gasteiger partial charge on any atom is 0.246 e. The molecule has 1 amide bonds. The number of aryl methyl sites for hydroxylation is 1. The van der Waals surface area contributed by atoms with Crippen molar-refractivity contribution in [3.05, 3.63) is 62.3 Å². The van der Waals surface area contributed by atoms with Gasteiger partial charge in [0.25, 0.3) is 0 Å². The van der Waals surface area contributed by atoms with Crippen molar-refractivity contribution in [2.24, 2.45) is 0 Å². The number of hydrogen-bond acceptors (Lipinski definition) is 3. The molecule has 7 heteroatoms. The summed E-state index contributed by atoms with van der Waals surface area (Å²) in [6.45, 7) is 4.48. The van der Waals surface area contributed by atoms with Gasteiger partial charge in [0.1, 0.15) is 11.9 Å². The molecule has 0 saturated carbocycles. The Hall–Kier alpha value is -1.44. The number of piperazine rings is 1. The number of hydrogen-bond donors (Lipinski definition) is 1. The van der Waals surface area contributed by atoms with Gasteiger partial charge in [-0.1, -0.05) is 6.07 Å². The second kappa shape index (κ2) is 8.71. The Morgan fingerprint density at radius 2 is 2.04 bits per heavy atom. The molecule has 0 aromatic heterocycles. The zero-order valence-corrected chi connectivity index (χ0v) is 18.5. The van der Waals surface area contributed by atoms with Crippen LogP contribution in [-0.4, -0.2) is 43.5 Å². The van der Waals surface area contributed by atoms with Crippen molar-refractivity contribution in [1.82, 2.24) is 10.2 Å². The monoisotopic (exact) mass is 497 g/mol. The van der Waals surface area contributed by atoms with Gasteiger partial charge in [-0.25, -0.2) is 4.39 Å². The normalized spacial score (nSPS) is 17.1. The standard InChI is InChI=1S/C20H22Br2FN3O/c1-13-9-15(23)4-6-18(13)26-8-7-24-11-19(26)20(27)25(2)12-14-3-5-16(21)17(22)10-14/h3-6,9-10,19,24H,7-8,11-12H2,1-2H3. The molecule has 0 radical (unpaired) electrons. The molecule has 0 bridgehead atoms. The molecule has 0 spiro atoms. The first kappa shape index (κ1) is 20.3. The van der Waals surface area contributed by atoms with Gasteiger partial charge in [-0.05, 0) is 80.2 Å². The number of likely N-dealkylation sites (N-methyl/N-ethyl adjacent to an activating group) is 1. The van der Waals surface area contributed by atoms with E-state index < -0.39 is 0 Å². The zero-order valence-electron chi connectivity index (χ0n) is 15.3. The Balaban J connectivity index is 1.78. The minimum absolute atomic E-state index is 0.0463. The van der Waals surface area contributed by atoms with E-state index in [4.69, 9.17) is 0 Å². The minimum Gasteiger partial charge on any atom is -0.357 e. The Bertz CT molecular complexity index is 846. The predicted molar refractivity (Wildman–Crippen MR) is 113 cm³/mol. The molecule has 1 atom stereocenters. The van der Waals surface area contributed by atoms with Crippen LogP contribution in [0.15, 0.2) is 45.3 Å². The third-order valence-electron chi connectivity index (χ3n) is 4.78. The summed E-state index contributed by atoms with van der Waals surface area (Å²) < 4.78 is 15.4. The van der Waals surface area contributed by atoms with Gasteiger partial charge in [-0.3, -0.25) is 4.79 Å². The second-order valence-corrected chi connectivity index (χ2v) is 8.50. The van der Waals surface area contributed by atoms with Crippen LogP contribution >= 0.6 is 31.9 Å². The molecule has 0 aliphatic carbocycles. The Labute approximate surface area is 176 Å². The maximum atomic E-state index is 13.5. The average molecular weight is 499 g/mol. The number of anilines is 1. The highest BCUT2D eigenvalue weighted by Crippen LogP contribution is 2.26. The first-order valence-electron chi connectivity index (χ1n) is 8.79. The largest absolute Gasteiger partial charge is 0.357 e. The first-order chi connectivity index (χ1) is 12.9. The van der Waals surface area contributed by atoms with Gasteiger partial charge in [0.2, 0.25) is 5.91 Å². The molecule has 2 aromatic carbocycles. The highest BCUT2D eigenvalue weighted by Gasteiger charge is 2.31. The van der Waals surface area contributed by atoms with E-state index in [1.807, 2.05) is 32.2 Å². The molecule has 144 valence electrons. The van der Waals surface area contributed by atoms with Crippen molar-refractivity contribution < 1.29 is 9.18 Å². The summed E-state index contributed by atoms with van der Waals surface area (Å²) in [4.78, 5) is 17.0. The molecule has 1 aliphatic rings. The fraction of sp³-hybridized carbons (Fsp3) is 0.350. The number of amides is 1. The average Bonchev–Trinajstić information content (AvgIpc) is 2.64. The number of rotatable bonds is 4. The third kappa shape index (κ3) is 4.70. The molecule has 1 saturated heterocycles. The summed E-state index contributed by atoms with van der Waals surface area (Å²) in [5, 5.41) is 3.30. The highest BCUT2D eigenvalue weighted by atomic mass is 79.9. The molecule has 27 heavy (non-hydrogen) atoms. The summed E-state index contributed by atoms with van der Waals surface area (Å²) in [5.74, 6) is -0.211. The first-order valence-corrected chi connectivity index (χ1v) is 10.4. The van der Waals surface area contributed by atoms with Gasteiger partial charge in [0.05, 0.1) is 0 Å². The van der Waals surface area contributed by atoms with E-state index in [1.165, 1.54) is 12.1 Å². The third-order valence-corrected chi connectivity index (χ3v) is 6.66. The summed E-state index contributed by atoms with van der Waals surface area (Å²) >= 11 is 6.97. The smallest absolute Gasteiger partial charge is 0.246 e. The van der Waals surface area contributed by atoms with Gasteiger partial charge in [0, 0.05) is 47.9 Å². The van der Waals surface area contributed by atoms with Gasteiger partial charge in [-0.15, -0.1) is 0 Å². The summed E-state index contributed by atoms with van der Waals surface area (Å²) in [7, 11) is 1.82. The maximum absolute atomic E-state index is 13.5. The fourth-order valence-electron chi connectivity index (χ4n) is 3.40. The number of nitrogens with zero attached hydrogens (tertiary/aromatic N) is 2. The Kier molecular flexibility index (Phi) is 6.55. The van der Waals surface area contributed by atoms with Crippen LogP contribution in [0.1, 0.15) is 11.1 Å². The molecular formula is C20H22Br2FN3O. The van der Waals surface area contributed by atoms with Gasteiger partial charge >= 0.3 is 0 Å². The van der Waals surface area contributed by atoms with E-state index >= 15 is 0 Å². The molecule has 1 N–H and O–H groups in total. The molecule has 4 nitrogen and oxygen atoms in total. The predicted octanol–water partition coefficient (Wildman–Crippen LogP) is 4.10. The van der Waals surface area contributed by atoms with Crippen molar-refractivity contribution in [3.8, 4) is 0 Å². The van der Waals surface area contributed by atoms with E-state index in [-0.39, 0.29) is 17.8 Å². The topological polar surface area (TPSA) is 35.6 Å². The summed E-state index contributed by atoms with van der Waals surface area (Å²) in [6.07, 6.45) is 0. The van der Waals surface area contributed by atoms with Crippen LogP contribution in [0.3, 0.4) is 0 Å². The molecule has 3 rings (SSSR count). The number of carbonyl (C=O) groups excluding carboxylic acids is 1. The van der Waals surface area contributed by atoms with Crippen LogP contribution in [0.4, 0.5) is 10.1 Å². The van der Waals surface area contributed by atoms with Crippen molar-refractivity contribution in [3.63, 3.8) is 0 Å². The van der Waals surface area contributed by atoms with E-state index in [0.717, 1.165) is 32.3 Å². The van der Waals surface area contributed by atoms with Crippen LogP contribution in [0, 0.1) is 12.7 Å². The lowest BCUT2D eigenvalue weighted by Gasteiger charge is -2.39. The van der Waals surface area contributed by atoms with Crippen molar-refractivity contribution in [2.45, 2.75) is 19.5 Å². The summed E-state index contributed by atoms with van der Waals surface area (Å²) in [5.41, 5.74) is 2.81. The SMILES string of the molecule is Cc1cc(F)ccc1N1CCNCC1C(=O)N(C)Cc1ccc(Br)c(Br)c1. The van der Waals surface area contributed by atoms with Crippen LogP contribution in [-0.2, 0) is 11.3 Å². The quantitative estimate of drug-likeness (QED) is 0.689. The fourth-order valence-corrected chi connectivity index (χ4v) is 4.07. The molecule has 1 heterocycles. The zero-order chi connectivity index (χ0) is 19.6. The van der Waals surface area contributed by atoms with Crippen molar-refractivity contribution >= 4 is 43.5 Å². The lowest BCUT2D eigenvalue weighted by Crippen LogP contribution is -2.58. The van der Waals surface area contributed by atoms with Crippen LogP contribution in [0.5, 0.6) is 0 Å². The minimum atomic E-state index is -0.313. The van der Waals surface area contributed by atoms with Gasteiger partial charge in [0.15, 0.2) is 0 Å². The van der Waals surface area contributed by atoms with E-state index in [0.29, 0.717) is 19.6 Å². The molecule has 1 unspecified atom stereocenters. The summed E-state index contributed by atoms with van der Waals surface area (Å²) in [6, 6.07) is 10.4. The lowest BCUT2D eigenvalue weighted by atomic mass is 10.1.